The van der Waals surface area contributed by atoms with Crippen molar-refractivity contribution in [2.45, 2.75) is 20.0 Å². The summed E-state index contributed by atoms with van der Waals surface area (Å²) < 4.78 is 6.56. The number of nitrogens with one attached hydrogen (secondary N) is 1. The average molecular weight is 500 g/mol. The molecule has 8 heteroatoms. The maximum Gasteiger partial charge on any atom is 0.338 e. The van der Waals surface area contributed by atoms with E-state index in [2.05, 4.69) is 10.3 Å². The van der Waals surface area contributed by atoms with Crippen LogP contribution in [0.5, 0.6) is 0 Å². The van der Waals surface area contributed by atoms with Crippen molar-refractivity contribution in [3.8, 4) is 0 Å². The zero-order valence-corrected chi connectivity index (χ0v) is 20.5. The van der Waals surface area contributed by atoms with E-state index >= 15 is 0 Å². The molecule has 7 nitrogen and oxygen atoms in total. The van der Waals surface area contributed by atoms with Crippen molar-refractivity contribution < 1.29 is 14.3 Å². The van der Waals surface area contributed by atoms with Gasteiger partial charge in [0.2, 0.25) is 0 Å². The van der Waals surface area contributed by atoms with E-state index in [0.29, 0.717) is 29.1 Å². The smallest absolute Gasteiger partial charge is 0.338 e. The van der Waals surface area contributed by atoms with Crippen LogP contribution >= 0.6 is 11.3 Å². The molecule has 1 heterocycles. The summed E-state index contributed by atoms with van der Waals surface area (Å²) in [6, 6.07) is 27.1. The molecular formula is C28H25N3O4S. The molecule has 0 unspecified atom stereocenters. The third-order valence-corrected chi connectivity index (χ3v) is 6.31. The summed E-state index contributed by atoms with van der Waals surface area (Å²) >= 11 is 1.15. The molecule has 0 bridgehead atoms. The van der Waals surface area contributed by atoms with E-state index in [1.54, 1.807) is 35.8 Å². The number of amides is 1. The number of ether oxygens (including phenoxy) is 1. The number of hydrogen-bond acceptors (Lipinski definition) is 6. The SMILES string of the molecule is CCOC(=O)c1ccc(NC(=O)c2cc(=O)n(Cc3ccccc3)c(=NCc3ccccc3)s2)cc1. The molecule has 0 atom stereocenters. The minimum Gasteiger partial charge on any atom is -0.462 e. The van der Waals surface area contributed by atoms with E-state index in [4.69, 9.17) is 4.74 Å². The van der Waals surface area contributed by atoms with Gasteiger partial charge in [-0.25, -0.2) is 4.79 Å². The van der Waals surface area contributed by atoms with Crippen molar-refractivity contribution in [3.05, 3.63) is 128 Å². The number of anilines is 1. The molecule has 0 aliphatic rings. The molecule has 0 spiro atoms. The summed E-state index contributed by atoms with van der Waals surface area (Å²) in [5.41, 5.74) is 2.54. The van der Waals surface area contributed by atoms with Crippen molar-refractivity contribution >= 4 is 28.9 Å². The van der Waals surface area contributed by atoms with E-state index < -0.39 is 11.9 Å². The summed E-state index contributed by atoms with van der Waals surface area (Å²) in [6.45, 7) is 2.75. The van der Waals surface area contributed by atoms with E-state index in [0.717, 1.165) is 22.5 Å². The van der Waals surface area contributed by atoms with Gasteiger partial charge in [0.05, 0.1) is 25.3 Å². The first-order valence-electron chi connectivity index (χ1n) is 11.5. The molecule has 1 amide bonds. The van der Waals surface area contributed by atoms with Gasteiger partial charge in [-0.15, -0.1) is 0 Å². The molecule has 182 valence electrons. The summed E-state index contributed by atoms with van der Waals surface area (Å²) in [5, 5.41) is 2.78. The number of nitrogens with zero attached hydrogens (tertiary/aromatic N) is 2. The molecule has 3 aromatic carbocycles. The maximum atomic E-state index is 13.1. The minimum atomic E-state index is -0.427. The molecule has 0 aliphatic carbocycles. The number of benzene rings is 3. The van der Waals surface area contributed by atoms with E-state index in [9.17, 15) is 14.4 Å². The van der Waals surface area contributed by atoms with Crippen molar-refractivity contribution in [3.63, 3.8) is 0 Å². The molecule has 0 fully saturated rings. The summed E-state index contributed by atoms with van der Waals surface area (Å²) in [5.74, 6) is -0.853. The van der Waals surface area contributed by atoms with Gasteiger partial charge in [0.1, 0.15) is 4.88 Å². The van der Waals surface area contributed by atoms with Crippen LogP contribution in [0.4, 0.5) is 5.69 Å². The first-order chi connectivity index (χ1) is 17.5. The topological polar surface area (TPSA) is 89.8 Å². The molecular weight excluding hydrogens is 474 g/mol. The van der Waals surface area contributed by atoms with Gasteiger partial charge in [0.25, 0.3) is 11.5 Å². The summed E-state index contributed by atoms with van der Waals surface area (Å²) in [7, 11) is 0. The molecule has 0 saturated carbocycles. The van der Waals surface area contributed by atoms with E-state index in [1.165, 1.54) is 6.07 Å². The van der Waals surface area contributed by atoms with Crippen LogP contribution in [0.3, 0.4) is 0 Å². The number of hydrogen-bond donors (Lipinski definition) is 1. The number of carbonyl (C=O) groups excluding carboxylic acids is 2. The van der Waals surface area contributed by atoms with Crippen LogP contribution in [0.25, 0.3) is 0 Å². The zero-order chi connectivity index (χ0) is 25.3. The second-order valence-electron chi connectivity index (χ2n) is 7.86. The predicted molar refractivity (Wildman–Crippen MR) is 140 cm³/mol. The van der Waals surface area contributed by atoms with Gasteiger partial charge in [-0.05, 0) is 42.3 Å². The Morgan fingerprint density at radius 2 is 1.56 bits per heavy atom. The lowest BCUT2D eigenvalue weighted by Crippen LogP contribution is -2.33. The standard InChI is InChI=1S/C28H25N3O4S/c1-2-35-27(34)22-13-15-23(16-14-22)30-26(33)24-17-25(32)31(19-21-11-7-4-8-12-21)28(36-24)29-18-20-9-5-3-6-10-20/h3-17H,2,18-19H2,1H3,(H,30,33). The van der Waals surface area contributed by atoms with Gasteiger partial charge in [0, 0.05) is 11.8 Å². The fourth-order valence-corrected chi connectivity index (χ4v) is 4.34. The fraction of sp³-hybridized carbons (Fsp3) is 0.143. The highest BCUT2D eigenvalue weighted by Gasteiger charge is 2.13. The molecule has 0 saturated heterocycles. The second kappa shape index (κ2) is 11.9. The van der Waals surface area contributed by atoms with Crippen LogP contribution in [-0.4, -0.2) is 23.1 Å². The molecule has 1 aromatic heterocycles. The largest absolute Gasteiger partial charge is 0.462 e. The molecule has 0 aliphatic heterocycles. The van der Waals surface area contributed by atoms with Gasteiger partial charge >= 0.3 is 5.97 Å². The molecule has 0 radical (unpaired) electrons. The van der Waals surface area contributed by atoms with Crippen LogP contribution in [0.2, 0.25) is 0 Å². The first kappa shape index (κ1) is 24.8. The summed E-state index contributed by atoms with van der Waals surface area (Å²) in [6.07, 6.45) is 0. The summed E-state index contributed by atoms with van der Waals surface area (Å²) in [4.78, 5) is 43.3. The van der Waals surface area contributed by atoms with Gasteiger partial charge in [-0.2, -0.15) is 0 Å². The third-order valence-electron chi connectivity index (χ3n) is 5.25. The Labute approximate surface area is 212 Å². The van der Waals surface area contributed by atoms with Crippen molar-refractivity contribution in [1.82, 2.24) is 4.57 Å². The van der Waals surface area contributed by atoms with Gasteiger partial charge in [0.15, 0.2) is 4.80 Å². The maximum absolute atomic E-state index is 13.1. The quantitative estimate of drug-likeness (QED) is 0.362. The monoisotopic (exact) mass is 499 g/mol. The van der Waals surface area contributed by atoms with Crippen LogP contribution < -0.4 is 15.7 Å². The molecule has 4 aromatic rings. The number of aromatic nitrogens is 1. The van der Waals surface area contributed by atoms with E-state index in [-0.39, 0.29) is 17.0 Å². The Bertz CT molecular complexity index is 1460. The lowest BCUT2D eigenvalue weighted by Gasteiger charge is -2.10. The zero-order valence-electron chi connectivity index (χ0n) is 19.7. The van der Waals surface area contributed by atoms with Crippen LogP contribution in [0, 0.1) is 0 Å². The lowest BCUT2D eigenvalue weighted by atomic mass is 10.2. The Morgan fingerprint density at radius 3 is 2.19 bits per heavy atom. The molecule has 4 rings (SSSR count). The van der Waals surface area contributed by atoms with Gasteiger partial charge in [-0.1, -0.05) is 72.0 Å². The Kier molecular flexibility index (Phi) is 8.20. The van der Waals surface area contributed by atoms with Crippen LogP contribution in [0.1, 0.15) is 38.1 Å². The lowest BCUT2D eigenvalue weighted by molar-refractivity contribution is 0.0526. The van der Waals surface area contributed by atoms with Crippen LogP contribution in [-0.2, 0) is 17.8 Å². The fourth-order valence-electron chi connectivity index (χ4n) is 3.45. The van der Waals surface area contributed by atoms with Gasteiger partial charge < -0.3 is 10.1 Å². The average Bonchev–Trinajstić information content (AvgIpc) is 2.90. The Hall–Kier alpha value is -4.30. The molecule has 36 heavy (non-hydrogen) atoms. The number of esters is 1. The third kappa shape index (κ3) is 6.43. The normalized spacial score (nSPS) is 11.2. The van der Waals surface area contributed by atoms with Crippen molar-refractivity contribution in [1.29, 1.82) is 0 Å². The van der Waals surface area contributed by atoms with Crippen molar-refractivity contribution in [2.75, 3.05) is 11.9 Å². The highest BCUT2D eigenvalue weighted by atomic mass is 32.1. The van der Waals surface area contributed by atoms with E-state index in [1.807, 2.05) is 60.7 Å². The van der Waals surface area contributed by atoms with Gasteiger partial charge in [-0.3, -0.25) is 19.1 Å². The Morgan fingerprint density at radius 1 is 0.917 bits per heavy atom. The number of carbonyl (C=O) groups is 2. The van der Waals surface area contributed by atoms with Crippen molar-refractivity contribution in [2.24, 2.45) is 4.99 Å². The first-order valence-corrected chi connectivity index (χ1v) is 12.3. The minimum absolute atomic E-state index is 0.241. The van der Waals surface area contributed by atoms with Crippen LogP contribution in [0.15, 0.2) is 101 Å². The Balaban J connectivity index is 1.63. The molecule has 1 N–H and O–H groups in total. The highest BCUT2D eigenvalue weighted by molar-refractivity contribution is 7.11. The second-order valence-corrected chi connectivity index (χ2v) is 8.87. The highest BCUT2D eigenvalue weighted by Crippen LogP contribution is 2.13. The predicted octanol–water partition coefficient (Wildman–Crippen LogP) is 4.49. The number of rotatable bonds is 8.